The Morgan fingerprint density at radius 2 is 2.22 bits per heavy atom. The van der Waals surface area contributed by atoms with E-state index in [4.69, 9.17) is 4.74 Å². The van der Waals surface area contributed by atoms with Crippen molar-refractivity contribution >= 4 is 5.96 Å². The van der Waals surface area contributed by atoms with E-state index in [2.05, 4.69) is 27.1 Å². The van der Waals surface area contributed by atoms with Crippen LogP contribution in [0.3, 0.4) is 0 Å². The van der Waals surface area contributed by atoms with Crippen molar-refractivity contribution in [1.29, 1.82) is 0 Å². The van der Waals surface area contributed by atoms with Crippen molar-refractivity contribution in [2.24, 2.45) is 4.99 Å². The fourth-order valence-electron chi connectivity index (χ4n) is 3.10. The summed E-state index contributed by atoms with van der Waals surface area (Å²) in [6, 6.07) is 8.23. The summed E-state index contributed by atoms with van der Waals surface area (Å²) < 4.78 is 5.65. The van der Waals surface area contributed by atoms with Gasteiger partial charge in [0.25, 0.3) is 0 Å². The predicted molar refractivity (Wildman–Crippen MR) is 111 cm³/mol. The van der Waals surface area contributed by atoms with Crippen LogP contribution in [0.2, 0.25) is 0 Å². The highest BCUT2D eigenvalue weighted by atomic mass is 16.5. The predicted octanol–water partition coefficient (Wildman–Crippen LogP) is 1.94. The first-order valence-corrected chi connectivity index (χ1v) is 9.86. The van der Waals surface area contributed by atoms with Crippen molar-refractivity contribution in [3.63, 3.8) is 0 Å². The summed E-state index contributed by atoms with van der Waals surface area (Å²) >= 11 is 0. The summed E-state index contributed by atoms with van der Waals surface area (Å²) in [6.07, 6.45) is 3.48. The second-order valence-corrected chi connectivity index (χ2v) is 7.01. The number of rotatable bonds is 9. The van der Waals surface area contributed by atoms with Crippen molar-refractivity contribution in [3.8, 4) is 5.75 Å². The number of hydrogen-bond donors (Lipinski definition) is 3. The van der Waals surface area contributed by atoms with Crippen LogP contribution in [0.5, 0.6) is 5.75 Å². The molecule has 0 saturated carbocycles. The Morgan fingerprint density at radius 1 is 1.44 bits per heavy atom. The van der Waals surface area contributed by atoms with Gasteiger partial charge in [0.15, 0.2) is 5.96 Å². The molecule has 1 aromatic rings. The Morgan fingerprint density at radius 3 is 2.89 bits per heavy atom. The third-order valence-electron chi connectivity index (χ3n) is 4.55. The molecule has 1 aliphatic rings. The molecule has 0 radical (unpaired) electrons. The molecule has 1 fully saturated rings. The molecule has 1 unspecified atom stereocenters. The quantitative estimate of drug-likeness (QED) is 0.350. The minimum atomic E-state index is -0.643. The maximum Gasteiger partial charge on any atom is 0.191 e. The molecule has 1 atom stereocenters. The smallest absolute Gasteiger partial charge is 0.191 e. The van der Waals surface area contributed by atoms with Crippen LogP contribution in [-0.4, -0.2) is 67.4 Å². The molecule has 3 N–H and O–H groups in total. The van der Waals surface area contributed by atoms with E-state index in [9.17, 15) is 5.11 Å². The minimum Gasteiger partial charge on any atom is -0.491 e. The topological polar surface area (TPSA) is 69.1 Å². The lowest BCUT2D eigenvalue weighted by molar-refractivity contribution is 0.114. The van der Waals surface area contributed by atoms with Gasteiger partial charge >= 0.3 is 0 Å². The van der Waals surface area contributed by atoms with E-state index < -0.39 is 6.10 Å². The van der Waals surface area contributed by atoms with Crippen molar-refractivity contribution in [1.82, 2.24) is 15.5 Å². The van der Waals surface area contributed by atoms with E-state index >= 15 is 0 Å². The van der Waals surface area contributed by atoms with E-state index in [1.54, 1.807) is 0 Å². The van der Waals surface area contributed by atoms with Crippen molar-refractivity contribution in [2.75, 3.05) is 39.3 Å². The molecule has 0 aromatic heterocycles. The molecule has 1 aromatic carbocycles. The van der Waals surface area contributed by atoms with Gasteiger partial charge in [-0.05, 0) is 44.4 Å². The van der Waals surface area contributed by atoms with E-state index in [1.165, 1.54) is 0 Å². The van der Waals surface area contributed by atoms with Gasteiger partial charge in [0.1, 0.15) is 18.5 Å². The number of ether oxygens (including phenoxy) is 1. The van der Waals surface area contributed by atoms with E-state index in [-0.39, 0.29) is 6.61 Å². The van der Waals surface area contributed by atoms with Gasteiger partial charge in [-0.3, -0.25) is 9.89 Å². The van der Waals surface area contributed by atoms with Gasteiger partial charge in [-0.25, -0.2) is 0 Å². The van der Waals surface area contributed by atoms with Gasteiger partial charge in [-0.2, -0.15) is 0 Å². The van der Waals surface area contributed by atoms with E-state index in [0.717, 1.165) is 56.3 Å². The average Bonchev–Trinajstić information content (AvgIpc) is 2.66. The number of nitrogens with zero attached hydrogens (tertiary/aromatic N) is 2. The Labute approximate surface area is 163 Å². The maximum absolute atomic E-state index is 10.2. The largest absolute Gasteiger partial charge is 0.491 e. The van der Waals surface area contributed by atoms with E-state index in [1.807, 2.05) is 44.2 Å². The highest BCUT2D eigenvalue weighted by Crippen LogP contribution is 2.12. The number of hydrogen-bond acceptors (Lipinski definition) is 4. The second-order valence-electron chi connectivity index (χ2n) is 7.01. The van der Waals surface area contributed by atoms with Crippen LogP contribution in [0.4, 0.5) is 0 Å². The lowest BCUT2D eigenvalue weighted by Gasteiger charge is -2.32. The van der Waals surface area contributed by atoms with Crippen LogP contribution in [0.15, 0.2) is 41.9 Å². The summed E-state index contributed by atoms with van der Waals surface area (Å²) in [5, 5.41) is 16.9. The number of likely N-dealkylation sites (tertiary alicyclic amines) is 1. The monoisotopic (exact) mass is 374 g/mol. The lowest BCUT2D eigenvalue weighted by Crippen LogP contribution is -2.49. The van der Waals surface area contributed by atoms with Gasteiger partial charge < -0.3 is 20.5 Å². The Balaban J connectivity index is 1.77. The Bertz CT molecular complexity index is 598. The third-order valence-corrected chi connectivity index (χ3v) is 4.55. The van der Waals surface area contributed by atoms with E-state index in [0.29, 0.717) is 12.6 Å². The first-order valence-electron chi connectivity index (χ1n) is 9.86. The molecule has 6 heteroatoms. The summed E-state index contributed by atoms with van der Waals surface area (Å²) in [7, 11) is 0. The molecule has 1 saturated heterocycles. The van der Waals surface area contributed by atoms with Crippen LogP contribution >= 0.6 is 0 Å². The summed E-state index contributed by atoms with van der Waals surface area (Å²) in [5.41, 5.74) is 1.14. The van der Waals surface area contributed by atoms with Crippen molar-refractivity contribution in [3.05, 3.63) is 42.5 Å². The molecular weight excluding hydrogens is 340 g/mol. The normalized spacial score (nSPS) is 17.4. The molecule has 1 heterocycles. The van der Waals surface area contributed by atoms with Crippen molar-refractivity contribution in [2.45, 2.75) is 38.8 Å². The fraction of sp³-hybridized carbons (Fsp3) is 0.571. The van der Waals surface area contributed by atoms with Gasteiger partial charge in [-0.15, -0.1) is 6.58 Å². The lowest BCUT2D eigenvalue weighted by atomic mass is 10.1. The summed E-state index contributed by atoms with van der Waals surface area (Å²) in [6.45, 7) is 12.3. The van der Waals surface area contributed by atoms with Gasteiger partial charge in [0, 0.05) is 32.2 Å². The highest BCUT2D eigenvalue weighted by molar-refractivity contribution is 5.80. The molecule has 27 heavy (non-hydrogen) atoms. The number of aryl methyl sites for hydroxylation is 1. The van der Waals surface area contributed by atoms with Crippen LogP contribution in [-0.2, 0) is 0 Å². The maximum atomic E-state index is 10.2. The summed E-state index contributed by atoms with van der Waals surface area (Å²) in [5.74, 6) is 1.53. The molecule has 150 valence electrons. The van der Waals surface area contributed by atoms with Crippen molar-refractivity contribution < 1.29 is 9.84 Å². The minimum absolute atomic E-state index is 0.228. The first-order chi connectivity index (χ1) is 13.1. The summed E-state index contributed by atoms with van der Waals surface area (Å²) in [4.78, 5) is 6.93. The zero-order chi connectivity index (χ0) is 19.5. The van der Waals surface area contributed by atoms with Gasteiger partial charge in [-0.1, -0.05) is 18.2 Å². The number of guanidine groups is 1. The zero-order valence-corrected chi connectivity index (χ0v) is 16.7. The first kappa shape index (κ1) is 21.3. The van der Waals surface area contributed by atoms with Gasteiger partial charge in [0.05, 0.1) is 6.54 Å². The number of benzene rings is 1. The highest BCUT2D eigenvalue weighted by Gasteiger charge is 2.19. The molecular formula is C21H34N4O2. The number of piperidine rings is 1. The molecule has 0 aliphatic carbocycles. The number of aliphatic imine (C=N–C) groups is 1. The molecule has 6 nitrogen and oxygen atoms in total. The molecule has 1 aliphatic heterocycles. The number of aliphatic hydroxyl groups excluding tert-OH is 1. The van der Waals surface area contributed by atoms with Crippen LogP contribution in [0, 0.1) is 6.92 Å². The molecule has 0 amide bonds. The van der Waals surface area contributed by atoms with Gasteiger partial charge in [0.2, 0.25) is 0 Å². The standard InChI is InChI=1S/C21H34N4O2/c1-4-11-25-12-9-18(10-13-25)24-21(22-5-2)23-15-19(26)16-27-20-8-6-7-17(3)14-20/h4,6-8,14,18-19,26H,1,5,9-13,15-16H2,2-3H3,(H2,22,23,24). The van der Waals surface area contributed by atoms with Crippen LogP contribution in [0.1, 0.15) is 25.3 Å². The average molecular weight is 375 g/mol. The molecule has 2 rings (SSSR count). The Kier molecular flexibility index (Phi) is 9.15. The molecule has 0 bridgehead atoms. The fourth-order valence-corrected chi connectivity index (χ4v) is 3.10. The SMILES string of the molecule is C=CCN1CCC(NC(=NCC(O)COc2cccc(C)c2)NCC)CC1. The molecule has 0 spiro atoms. The number of aliphatic hydroxyl groups is 1. The second kappa shape index (κ2) is 11.6. The van der Waals surface area contributed by atoms with Crippen LogP contribution < -0.4 is 15.4 Å². The van der Waals surface area contributed by atoms with Crippen LogP contribution in [0.25, 0.3) is 0 Å². The number of nitrogens with one attached hydrogen (secondary N) is 2. The third kappa shape index (κ3) is 8.01. The zero-order valence-electron chi connectivity index (χ0n) is 16.7. The Hall–Kier alpha value is -2.05.